The molecule has 1 amide bonds. The number of amides is 1. The Morgan fingerprint density at radius 3 is 2.28 bits per heavy atom. The van der Waals surface area contributed by atoms with Crippen LogP contribution in [0.25, 0.3) is 21.9 Å². The van der Waals surface area contributed by atoms with Crippen molar-refractivity contribution in [2.45, 2.75) is 44.6 Å². The average molecular weight is 437 g/mol. The highest BCUT2D eigenvalue weighted by atomic mass is 19.1. The first-order valence-electron chi connectivity index (χ1n) is 10.4. The van der Waals surface area contributed by atoms with Gasteiger partial charge in [0.2, 0.25) is 0 Å². The summed E-state index contributed by atoms with van der Waals surface area (Å²) >= 11 is 0. The topological polar surface area (TPSA) is 81.6 Å². The van der Waals surface area contributed by atoms with Gasteiger partial charge in [-0.2, -0.15) is 0 Å². The SMILES string of the molecule is C=C(C)C(F)C(C)(O)C(C)(NCc1ccc2cc(-c3ccccc3)ccc2c1)C(=O)NO. The van der Waals surface area contributed by atoms with Crippen molar-refractivity contribution in [3.05, 3.63) is 84.4 Å². The van der Waals surface area contributed by atoms with Crippen LogP contribution >= 0.6 is 0 Å². The summed E-state index contributed by atoms with van der Waals surface area (Å²) in [6, 6.07) is 22.1. The summed E-state index contributed by atoms with van der Waals surface area (Å²) in [5.41, 5.74) is 0.706. The zero-order chi connectivity index (χ0) is 23.5. The van der Waals surface area contributed by atoms with E-state index in [1.807, 2.05) is 48.5 Å². The summed E-state index contributed by atoms with van der Waals surface area (Å²) in [5.74, 6) is -0.945. The molecule has 5 nitrogen and oxygen atoms in total. The Labute approximate surface area is 187 Å². The standard InChI is InChI=1S/C26H29FN2O3/c1-17(2)23(27)26(4,31)25(3,24(30)29-32)28-16-18-10-11-22-15-21(13-12-20(22)14-18)19-8-6-5-7-9-19/h5-15,23,28,31-32H,1,16H2,2-4H3,(H,29,30). The molecule has 32 heavy (non-hydrogen) atoms. The van der Waals surface area contributed by atoms with Crippen LogP contribution in [0, 0.1) is 0 Å². The molecule has 3 unspecified atom stereocenters. The molecule has 0 fully saturated rings. The Bertz CT molecular complexity index is 1130. The minimum atomic E-state index is -2.16. The second-order valence-electron chi connectivity index (χ2n) is 8.54. The fraction of sp³-hybridized carbons (Fsp3) is 0.269. The third kappa shape index (κ3) is 4.43. The van der Waals surface area contributed by atoms with Crippen LogP contribution in [0.3, 0.4) is 0 Å². The van der Waals surface area contributed by atoms with Gasteiger partial charge in [0.05, 0.1) is 0 Å². The lowest BCUT2D eigenvalue weighted by molar-refractivity contribution is -0.152. The number of benzene rings is 3. The van der Waals surface area contributed by atoms with Gasteiger partial charge >= 0.3 is 0 Å². The summed E-state index contributed by atoms with van der Waals surface area (Å²) < 4.78 is 14.8. The molecule has 3 aromatic rings. The number of halogens is 1. The van der Waals surface area contributed by atoms with E-state index in [4.69, 9.17) is 0 Å². The van der Waals surface area contributed by atoms with Crippen molar-refractivity contribution >= 4 is 16.7 Å². The van der Waals surface area contributed by atoms with Gasteiger partial charge in [0.1, 0.15) is 11.1 Å². The van der Waals surface area contributed by atoms with Crippen molar-refractivity contribution in [1.82, 2.24) is 10.8 Å². The van der Waals surface area contributed by atoms with Crippen LogP contribution in [0.5, 0.6) is 0 Å². The van der Waals surface area contributed by atoms with Crippen LogP contribution in [-0.2, 0) is 11.3 Å². The molecule has 0 aliphatic rings. The molecule has 0 aliphatic heterocycles. The molecule has 0 saturated carbocycles. The Morgan fingerprint density at radius 2 is 1.66 bits per heavy atom. The van der Waals surface area contributed by atoms with Gasteiger partial charge in [-0.25, -0.2) is 9.87 Å². The zero-order valence-corrected chi connectivity index (χ0v) is 18.5. The third-order valence-electron chi connectivity index (χ3n) is 6.15. The molecule has 0 aromatic heterocycles. The highest BCUT2D eigenvalue weighted by Crippen LogP contribution is 2.32. The molecule has 0 heterocycles. The fourth-order valence-corrected chi connectivity index (χ4v) is 3.83. The van der Waals surface area contributed by atoms with Crippen molar-refractivity contribution < 1.29 is 19.5 Å². The van der Waals surface area contributed by atoms with Gasteiger partial charge in [0.25, 0.3) is 5.91 Å². The quantitative estimate of drug-likeness (QED) is 0.238. The van der Waals surface area contributed by atoms with Crippen LogP contribution in [0.2, 0.25) is 0 Å². The Hall–Kier alpha value is -3.06. The van der Waals surface area contributed by atoms with Gasteiger partial charge in [-0.05, 0) is 65.9 Å². The first-order valence-corrected chi connectivity index (χ1v) is 10.4. The van der Waals surface area contributed by atoms with Gasteiger partial charge in [0, 0.05) is 6.54 Å². The molecule has 168 valence electrons. The average Bonchev–Trinajstić information content (AvgIpc) is 2.81. The summed E-state index contributed by atoms with van der Waals surface area (Å²) in [4.78, 5) is 12.4. The number of carbonyl (C=O) groups is 1. The van der Waals surface area contributed by atoms with Crippen molar-refractivity contribution in [3.8, 4) is 11.1 Å². The van der Waals surface area contributed by atoms with Gasteiger partial charge in [-0.1, -0.05) is 61.2 Å². The van der Waals surface area contributed by atoms with Crippen molar-refractivity contribution in [2.75, 3.05) is 0 Å². The van der Waals surface area contributed by atoms with E-state index in [0.29, 0.717) is 0 Å². The molecule has 0 aliphatic carbocycles. The molecule has 0 radical (unpaired) electrons. The molecule has 4 N–H and O–H groups in total. The maximum absolute atomic E-state index is 14.8. The highest BCUT2D eigenvalue weighted by molar-refractivity contribution is 5.88. The van der Waals surface area contributed by atoms with E-state index in [2.05, 4.69) is 30.1 Å². The van der Waals surface area contributed by atoms with E-state index < -0.39 is 23.2 Å². The van der Waals surface area contributed by atoms with Crippen LogP contribution in [0.1, 0.15) is 26.3 Å². The minimum Gasteiger partial charge on any atom is -0.384 e. The minimum absolute atomic E-state index is 0.0775. The van der Waals surface area contributed by atoms with Crippen LogP contribution in [-0.4, -0.2) is 33.5 Å². The summed E-state index contributed by atoms with van der Waals surface area (Å²) in [6.07, 6.45) is -1.88. The second kappa shape index (κ2) is 9.20. The van der Waals surface area contributed by atoms with Gasteiger partial charge < -0.3 is 5.11 Å². The Morgan fingerprint density at radius 1 is 1.03 bits per heavy atom. The van der Waals surface area contributed by atoms with Crippen LogP contribution in [0.4, 0.5) is 4.39 Å². The van der Waals surface area contributed by atoms with Crippen molar-refractivity contribution in [1.29, 1.82) is 0 Å². The smallest absolute Gasteiger partial charge is 0.266 e. The number of hydrogen-bond acceptors (Lipinski definition) is 4. The molecule has 3 aromatic carbocycles. The molecular weight excluding hydrogens is 407 g/mol. The monoisotopic (exact) mass is 436 g/mol. The van der Waals surface area contributed by atoms with Gasteiger partial charge in [-0.15, -0.1) is 0 Å². The summed E-state index contributed by atoms with van der Waals surface area (Å²) in [6.45, 7) is 7.70. The van der Waals surface area contributed by atoms with Crippen LogP contribution in [0.15, 0.2) is 78.9 Å². The Balaban J connectivity index is 1.87. The van der Waals surface area contributed by atoms with Crippen molar-refractivity contribution in [2.24, 2.45) is 0 Å². The molecule has 3 rings (SSSR count). The molecule has 0 saturated heterocycles. The number of alkyl halides is 1. The predicted octanol–water partition coefficient (Wildman–Crippen LogP) is 4.53. The third-order valence-corrected chi connectivity index (χ3v) is 6.15. The molecule has 3 atom stereocenters. The largest absolute Gasteiger partial charge is 0.384 e. The molecule has 6 heteroatoms. The van der Waals surface area contributed by atoms with E-state index in [1.54, 1.807) is 0 Å². The molecule has 0 spiro atoms. The maximum Gasteiger partial charge on any atom is 0.266 e. The number of aliphatic hydroxyl groups is 1. The fourth-order valence-electron chi connectivity index (χ4n) is 3.83. The second-order valence-corrected chi connectivity index (χ2v) is 8.54. The van der Waals surface area contributed by atoms with Gasteiger partial charge in [-0.3, -0.25) is 15.3 Å². The molecular formula is C26H29FN2O3. The lowest BCUT2D eigenvalue weighted by Crippen LogP contribution is -2.70. The number of carbonyl (C=O) groups excluding carboxylic acids is 1. The first kappa shape index (κ1) is 23.6. The number of hydrogen-bond donors (Lipinski definition) is 4. The highest BCUT2D eigenvalue weighted by Gasteiger charge is 2.54. The maximum atomic E-state index is 14.8. The summed E-state index contributed by atoms with van der Waals surface area (Å²) in [5, 5.41) is 25.1. The molecule has 0 bridgehead atoms. The van der Waals surface area contributed by atoms with Gasteiger partial charge in [0.15, 0.2) is 6.17 Å². The van der Waals surface area contributed by atoms with E-state index >= 15 is 0 Å². The van der Waals surface area contributed by atoms with E-state index in [9.17, 15) is 19.5 Å². The number of hydroxylamine groups is 1. The number of nitrogens with one attached hydrogen (secondary N) is 2. The van der Waals surface area contributed by atoms with E-state index in [1.165, 1.54) is 26.3 Å². The first-order chi connectivity index (χ1) is 15.1. The van der Waals surface area contributed by atoms with E-state index in [-0.39, 0.29) is 12.1 Å². The summed E-state index contributed by atoms with van der Waals surface area (Å²) in [7, 11) is 0. The number of fused-ring (bicyclic) bond motifs is 1. The lowest BCUT2D eigenvalue weighted by Gasteiger charge is -2.43. The van der Waals surface area contributed by atoms with Crippen LogP contribution < -0.4 is 10.8 Å². The van der Waals surface area contributed by atoms with Crippen molar-refractivity contribution in [3.63, 3.8) is 0 Å². The normalized spacial score (nSPS) is 16.1. The lowest BCUT2D eigenvalue weighted by atomic mass is 9.76. The van der Waals surface area contributed by atoms with E-state index in [0.717, 1.165) is 27.5 Å². The zero-order valence-electron chi connectivity index (χ0n) is 18.5. The Kier molecular flexibility index (Phi) is 6.79. The number of rotatable bonds is 8. The predicted molar refractivity (Wildman–Crippen MR) is 125 cm³/mol.